The maximum atomic E-state index is 13.7. The first-order chi connectivity index (χ1) is 19.1. The average Bonchev–Trinajstić information content (AvgIpc) is 2.95. The van der Waals surface area contributed by atoms with Crippen LogP contribution in [0.25, 0.3) is 0 Å². The molecule has 11 heteroatoms. The van der Waals surface area contributed by atoms with Crippen molar-refractivity contribution in [3.63, 3.8) is 0 Å². The molecular formula is C29H40N4O6S. The molecule has 3 atom stereocenters. The van der Waals surface area contributed by atoms with Gasteiger partial charge in [-0.3, -0.25) is 4.79 Å². The summed E-state index contributed by atoms with van der Waals surface area (Å²) in [6.45, 7) is 3.73. The smallest absolute Gasteiger partial charge is 0.319 e. The molecule has 1 aliphatic heterocycles. The minimum absolute atomic E-state index is 0.0527. The predicted molar refractivity (Wildman–Crippen MR) is 153 cm³/mol. The van der Waals surface area contributed by atoms with E-state index in [1.54, 1.807) is 60.4 Å². The minimum atomic E-state index is -3.76. The fourth-order valence-corrected chi connectivity index (χ4v) is 6.45. The van der Waals surface area contributed by atoms with Gasteiger partial charge < -0.3 is 25.4 Å². The zero-order chi connectivity index (χ0) is 28.9. The van der Waals surface area contributed by atoms with E-state index in [9.17, 15) is 23.1 Å². The van der Waals surface area contributed by atoms with Crippen LogP contribution in [-0.2, 0) is 10.0 Å². The Morgan fingerprint density at radius 1 is 1.15 bits per heavy atom. The Morgan fingerprint density at radius 3 is 2.52 bits per heavy atom. The van der Waals surface area contributed by atoms with Crippen LogP contribution < -0.4 is 15.4 Å². The van der Waals surface area contributed by atoms with Crippen molar-refractivity contribution in [2.75, 3.05) is 32.1 Å². The van der Waals surface area contributed by atoms with Crippen LogP contribution >= 0.6 is 0 Å². The SMILES string of the molecule is C[C@H]1CN([C@@H](C)CO)C(=O)c2cc(NC(=O)NC3CCCCC3)ccc2O[C@@H]1CN(C)S(=O)(=O)c1ccccc1. The molecule has 2 aromatic carbocycles. The topological polar surface area (TPSA) is 128 Å². The molecule has 4 rings (SSSR count). The van der Waals surface area contributed by atoms with Crippen molar-refractivity contribution in [3.8, 4) is 5.75 Å². The van der Waals surface area contributed by atoms with E-state index >= 15 is 0 Å². The van der Waals surface area contributed by atoms with Gasteiger partial charge in [0.15, 0.2) is 0 Å². The molecule has 0 spiro atoms. The van der Waals surface area contributed by atoms with Gasteiger partial charge in [0.2, 0.25) is 10.0 Å². The molecular weight excluding hydrogens is 532 g/mol. The van der Waals surface area contributed by atoms with Crippen LogP contribution in [0.4, 0.5) is 10.5 Å². The van der Waals surface area contributed by atoms with E-state index in [4.69, 9.17) is 4.74 Å². The van der Waals surface area contributed by atoms with Crippen molar-refractivity contribution in [1.82, 2.24) is 14.5 Å². The standard InChI is InChI=1S/C29H40N4O6S/c1-20-17-33(21(2)19-34)28(35)25-16-23(31-29(36)30-22-10-6-4-7-11-22)14-15-26(25)39-27(20)18-32(3)40(37,38)24-12-8-5-9-13-24/h5,8-9,12-16,20-22,27,34H,4,6-7,10-11,17-19H2,1-3H3,(H2,30,31,36)/t20-,21-,27+/m0/s1. The Balaban J connectivity index is 1.59. The number of sulfonamides is 1. The van der Waals surface area contributed by atoms with Gasteiger partial charge in [-0.2, -0.15) is 4.31 Å². The van der Waals surface area contributed by atoms with Crippen molar-refractivity contribution in [1.29, 1.82) is 0 Å². The highest BCUT2D eigenvalue weighted by molar-refractivity contribution is 7.89. The first-order valence-electron chi connectivity index (χ1n) is 13.9. The number of benzene rings is 2. The molecule has 0 unspecified atom stereocenters. The van der Waals surface area contributed by atoms with Gasteiger partial charge in [0, 0.05) is 31.2 Å². The molecule has 1 fully saturated rings. The number of anilines is 1. The number of aliphatic hydroxyl groups excluding tert-OH is 1. The van der Waals surface area contributed by atoms with Crippen LogP contribution in [0.15, 0.2) is 53.4 Å². The lowest BCUT2D eigenvalue weighted by atomic mass is 9.96. The maximum absolute atomic E-state index is 13.7. The molecule has 2 aromatic rings. The molecule has 0 saturated heterocycles. The van der Waals surface area contributed by atoms with Crippen LogP contribution in [0, 0.1) is 5.92 Å². The number of likely N-dealkylation sites (N-methyl/N-ethyl adjacent to an activating group) is 1. The third kappa shape index (κ3) is 6.94. The second kappa shape index (κ2) is 13.0. The van der Waals surface area contributed by atoms with Crippen molar-refractivity contribution in [2.24, 2.45) is 5.92 Å². The number of rotatable bonds is 8. The summed E-state index contributed by atoms with van der Waals surface area (Å²) in [6, 6.07) is 12.4. The number of carbonyl (C=O) groups excluding carboxylic acids is 2. The Morgan fingerprint density at radius 2 is 1.85 bits per heavy atom. The highest BCUT2D eigenvalue weighted by Crippen LogP contribution is 2.31. The summed E-state index contributed by atoms with van der Waals surface area (Å²) >= 11 is 0. The van der Waals surface area contributed by atoms with Crippen LogP contribution in [0.1, 0.15) is 56.3 Å². The zero-order valence-corrected chi connectivity index (χ0v) is 24.2. The largest absolute Gasteiger partial charge is 0.488 e. The van der Waals surface area contributed by atoms with Gasteiger partial charge in [0.25, 0.3) is 5.91 Å². The quantitative estimate of drug-likeness (QED) is 0.443. The second-order valence-corrected chi connectivity index (χ2v) is 12.9. The molecule has 1 heterocycles. The predicted octanol–water partition coefficient (Wildman–Crippen LogP) is 3.68. The number of nitrogens with zero attached hydrogens (tertiary/aromatic N) is 2. The van der Waals surface area contributed by atoms with Crippen LogP contribution in [0.5, 0.6) is 5.75 Å². The molecule has 0 radical (unpaired) electrons. The van der Waals surface area contributed by atoms with Gasteiger partial charge in [-0.15, -0.1) is 0 Å². The number of urea groups is 1. The zero-order valence-electron chi connectivity index (χ0n) is 23.4. The molecule has 3 amide bonds. The first-order valence-corrected chi connectivity index (χ1v) is 15.4. The van der Waals surface area contributed by atoms with Gasteiger partial charge in [-0.05, 0) is 50.1 Å². The summed E-state index contributed by atoms with van der Waals surface area (Å²) in [6.07, 6.45) is 4.68. The molecule has 1 saturated carbocycles. The van der Waals surface area contributed by atoms with Gasteiger partial charge in [-0.25, -0.2) is 13.2 Å². The van der Waals surface area contributed by atoms with Gasteiger partial charge in [0.1, 0.15) is 11.9 Å². The number of amides is 3. The fraction of sp³-hybridized carbons (Fsp3) is 0.517. The second-order valence-electron chi connectivity index (χ2n) is 10.9. The Hall–Kier alpha value is -3.15. The number of nitrogens with one attached hydrogen (secondary N) is 2. The van der Waals surface area contributed by atoms with E-state index in [-0.39, 0.29) is 54.1 Å². The van der Waals surface area contributed by atoms with Crippen molar-refractivity contribution in [3.05, 3.63) is 54.1 Å². The lowest BCUT2D eigenvalue weighted by Gasteiger charge is -2.38. The summed E-state index contributed by atoms with van der Waals surface area (Å²) < 4.78 is 34.0. The van der Waals surface area contributed by atoms with E-state index in [0.717, 1.165) is 25.7 Å². The van der Waals surface area contributed by atoms with E-state index in [1.807, 2.05) is 6.92 Å². The first kappa shape index (κ1) is 29.8. The van der Waals surface area contributed by atoms with Crippen molar-refractivity contribution in [2.45, 2.75) is 69.0 Å². The molecule has 218 valence electrons. The third-order valence-electron chi connectivity index (χ3n) is 7.75. The van der Waals surface area contributed by atoms with E-state index in [2.05, 4.69) is 10.6 Å². The van der Waals surface area contributed by atoms with Crippen molar-refractivity contribution >= 4 is 27.6 Å². The van der Waals surface area contributed by atoms with E-state index in [0.29, 0.717) is 11.4 Å². The summed E-state index contributed by atoms with van der Waals surface area (Å²) in [4.78, 5) is 28.1. The Labute approximate surface area is 236 Å². The maximum Gasteiger partial charge on any atom is 0.319 e. The van der Waals surface area contributed by atoms with Crippen LogP contribution in [0.2, 0.25) is 0 Å². The highest BCUT2D eigenvalue weighted by atomic mass is 32.2. The normalized spacial score (nSPS) is 21.1. The van der Waals surface area contributed by atoms with Gasteiger partial charge >= 0.3 is 6.03 Å². The number of ether oxygens (including phenoxy) is 1. The Kier molecular flexibility index (Phi) is 9.70. The van der Waals surface area contributed by atoms with Crippen molar-refractivity contribution < 1.29 is 27.9 Å². The van der Waals surface area contributed by atoms with Gasteiger partial charge in [0.05, 0.1) is 29.7 Å². The summed E-state index contributed by atoms with van der Waals surface area (Å²) in [5.41, 5.74) is 0.677. The third-order valence-corrected chi connectivity index (χ3v) is 9.59. The minimum Gasteiger partial charge on any atom is -0.488 e. The van der Waals surface area contributed by atoms with E-state index < -0.39 is 22.2 Å². The molecule has 2 aliphatic rings. The van der Waals surface area contributed by atoms with Crippen LogP contribution in [0.3, 0.4) is 0 Å². The lowest BCUT2D eigenvalue weighted by Crippen LogP contribution is -2.50. The molecule has 40 heavy (non-hydrogen) atoms. The molecule has 0 bridgehead atoms. The number of hydrogen-bond acceptors (Lipinski definition) is 6. The lowest BCUT2D eigenvalue weighted by molar-refractivity contribution is 0.0387. The number of carbonyl (C=O) groups is 2. The summed E-state index contributed by atoms with van der Waals surface area (Å²) in [5.74, 6) is -0.289. The molecule has 3 N–H and O–H groups in total. The Bertz CT molecular complexity index is 1280. The molecule has 10 nitrogen and oxygen atoms in total. The highest BCUT2D eigenvalue weighted by Gasteiger charge is 2.35. The van der Waals surface area contributed by atoms with Crippen LogP contribution in [-0.4, -0.2) is 79.6 Å². The van der Waals surface area contributed by atoms with E-state index in [1.165, 1.54) is 17.8 Å². The molecule has 0 aromatic heterocycles. The number of fused-ring (bicyclic) bond motifs is 1. The fourth-order valence-electron chi connectivity index (χ4n) is 5.24. The average molecular weight is 573 g/mol. The summed E-state index contributed by atoms with van der Waals surface area (Å²) in [7, 11) is -2.25. The number of hydrogen-bond donors (Lipinski definition) is 3. The summed E-state index contributed by atoms with van der Waals surface area (Å²) in [5, 5.41) is 15.7. The number of aliphatic hydroxyl groups is 1. The molecule has 1 aliphatic carbocycles. The van der Waals surface area contributed by atoms with Gasteiger partial charge in [-0.1, -0.05) is 44.4 Å². The monoisotopic (exact) mass is 572 g/mol.